The SMILES string of the molecule is CO/C(=C/C(=S)c1ccc(OC)cc1)Nc1ccccc1. The minimum atomic E-state index is 0.599. The van der Waals surface area contributed by atoms with Gasteiger partial charge in [0.15, 0.2) is 5.88 Å². The van der Waals surface area contributed by atoms with E-state index in [9.17, 15) is 0 Å². The Balaban J connectivity index is 2.12. The predicted octanol–water partition coefficient (Wildman–Crippen LogP) is 4.01. The van der Waals surface area contributed by atoms with E-state index in [1.54, 1.807) is 20.3 Å². The smallest absolute Gasteiger partial charge is 0.192 e. The third-order valence-electron chi connectivity index (χ3n) is 2.90. The highest BCUT2D eigenvalue weighted by atomic mass is 32.1. The van der Waals surface area contributed by atoms with Crippen molar-refractivity contribution in [2.75, 3.05) is 19.5 Å². The first-order valence-electron chi connectivity index (χ1n) is 6.49. The zero-order valence-electron chi connectivity index (χ0n) is 12.0. The minimum Gasteiger partial charge on any atom is -0.497 e. The molecule has 0 radical (unpaired) electrons. The van der Waals surface area contributed by atoms with Crippen LogP contribution in [0.2, 0.25) is 0 Å². The van der Waals surface area contributed by atoms with Gasteiger partial charge in [0.25, 0.3) is 0 Å². The Morgan fingerprint density at radius 1 is 1.00 bits per heavy atom. The molecule has 0 saturated heterocycles. The summed E-state index contributed by atoms with van der Waals surface area (Å²) in [7, 11) is 3.25. The van der Waals surface area contributed by atoms with Crippen molar-refractivity contribution in [3.63, 3.8) is 0 Å². The van der Waals surface area contributed by atoms with Gasteiger partial charge >= 0.3 is 0 Å². The van der Waals surface area contributed by atoms with Crippen molar-refractivity contribution < 1.29 is 9.47 Å². The Kier molecular flexibility index (Phi) is 5.35. The van der Waals surface area contributed by atoms with E-state index >= 15 is 0 Å². The van der Waals surface area contributed by atoms with E-state index in [4.69, 9.17) is 21.7 Å². The monoisotopic (exact) mass is 299 g/mol. The molecule has 0 fully saturated rings. The molecule has 2 aromatic rings. The van der Waals surface area contributed by atoms with Crippen LogP contribution in [0.1, 0.15) is 5.56 Å². The van der Waals surface area contributed by atoms with Gasteiger partial charge in [-0.15, -0.1) is 0 Å². The number of benzene rings is 2. The Hall–Kier alpha value is -2.33. The maximum atomic E-state index is 5.42. The van der Waals surface area contributed by atoms with Gasteiger partial charge in [-0.25, -0.2) is 0 Å². The number of allylic oxidation sites excluding steroid dienone is 1. The zero-order valence-corrected chi connectivity index (χ0v) is 12.8. The number of hydrogen-bond acceptors (Lipinski definition) is 4. The number of methoxy groups -OCH3 is 2. The molecule has 0 aliphatic rings. The molecule has 2 rings (SSSR count). The van der Waals surface area contributed by atoms with E-state index in [0.717, 1.165) is 17.0 Å². The van der Waals surface area contributed by atoms with Gasteiger partial charge < -0.3 is 14.8 Å². The normalized spacial score (nSPS) is 10.9. The van der Waals surface area contributed by atoms with Crippen molar-refractivity contribution >= 4 is 22.8 Å². The van der Waals surface area contributed by atoms with Crippen LogP contribution in [0, 0.1) is 0 Å². The summed E-state index contributed by atoms with van der Waals surface area (Å²) in [5, 5.41) is 3.18. The Bertz CT molecular complexity index is 621. The highest BCUT2D eigenvalue weighted by Crippen LogP contribution is 2.15. The number of ether oxygens (including phenoxy) is 2. The summed E-state index contributed by atoms with van der Waals surface area (Å²) in [5.41, 5.74) is 1.89. The third kappa shape index (κ3) is 4.33. The van der Waals surface area contributed by atoms with Crippen LogP contribution < -0.4 is 10.1 Å². The van der Waals surface area contributed by atoms with E-state index in [1.807, 2.05) is 54.6 Å². The van der Waals surface area contributed by atoms with Gasteiger partial charge in [-0.05, 0) is 42.0 Å². The maximum absolute atomic E-state index is 5.42. The van der Waals surface area contributed by atoms with Gasteiger partial charge in [-0.2, -0.15) is 0 Å². The number of nitrogens with one attached hydrogen (secondary N) is 1. The van der Waals surface area contributed by atoms with Crippen molar-refractivity contribution in [3.8, 4) is 5.75 Å². The summed E-state index contributed by atoms with van der Waals surface area (Å²) in [6, 6.07) is 17.4. The first-order chi connectivity index (χ1) is 10.2. The molecule has 0 aliphatic carbocycles. The molecule has 0 saturated carbocycles. The third-order valence-corrected chi connectivity index (χ3v) is 3.25. The number of anilines is 1. The van der Waals surface area contributed by atoms with E-state index in [1.165, 1.54) is 0 Å². The lowest BCUT2D eigenvalue weighted by atomic mass is 10.1. The van der Waals surface area contributed by atoms with Crippen molar-refractivity contribution in [3.05, 3.63) is 72.1 Å². The number of para-hydroxylation sites is 1. The van der Waals surface area contributed by atoms with Crippen LogP contribution in [0.3, 0.4) is 0 Å². The second-order valence-electron chi connectivity index (χ2n) is 4.30. The van der Waals surface area contributed by atoms with Crippen molar-refractivity contribution in [2.24, 2.45) is 0 Å². The maximum Gasteiger partial charge on any atom is 0.192 e. The second-order valence-corrected chi connectivity index (χ2v) is 4.74. The summed E-state index contributed by atoms with van der Waals surface area (Å²) < 4.78 is 10.5. The summed E-state index contributed by atoms with van der Waals surface area (Å²) >= 11 is 5.42. The molecule has 1 N–H and O–H groups in total. The molecule has 0 atom stereocenters. The molecule has 0 bridgehead atoms. The molecule has 0 heterocycles. The molecule has 21 heavy (non-hydrogen) atoms. The summed E-state index contributed by atoms with van der Waals surface area (Å²) in [4.78, 5) is 0.693. The van der Waals surface area contributed by atoms with E-state index < -0.39 is 0 Å². The number of rotatable bonds is 6. The van der Waals surface area contributed by atoms with Crippen molar-refractivity contribution in [2.45, 2.75) is 0 Å². The molecule has 0 spiro atoms. The molecule has 0 aromatic heterocycles. The van der Waals surface area contributed by atoms with Crippen molar-refractivity contribution in [1.82, 2.24) is 0 Å². The lowest BCUT2D eigenvalue weighted by Gasteiger charge is -2.10. The van der Waals surface area contributed by atoms with Crippen LogP contribution in [0.5, 0.6) is 5.75 Å². The molecule has 0 unspecified atom stereocenters. The van der Waals surface area contributed by atoms with Crippen LogP contribution in [-0.4, -0.2) is 19.1 Å². The zero-order chi connectivity index (χ0) is 15.1. The summed E-state index contributed by atoms with van der Waals surface area (Å²) in [6.07, 6.45) is 1.80. The summed E-state index contributed by atoms with van der Waals surface area (Å²) in [5.74, 6) is 1.40. The van der Waals surface area contributed by atoms with E-state index in [2.05, 4.69) is 5.32 Å². The van der Waals surface area contributed by atoms with Crippen LogP contribution >= 0.6 is 12.2 Å². The first kappa shape index (κ1) is 15.1. The Labute approximate surface area is 130 Å². The fraction of sp³-hybridized carbons (Fsp3) is 0.118. The van der Waals surface area contributed by atoms with E-state index in [-0.39, 0.29) is 0 Å². The lowest BCUT2D eigenvalue weighted by Crippen LogP contribution is -2.05. The molecule has 108 valence electrons. The van der Waals surface area contributed by atoms with Gasteiger partial charge in [0.1, 0.15) is 5.75 Å². The van der Waals surface area contributed by atoms with Crippen molar-refractivity contribution in [1.29, 1.82) is 0 Å². The van der Waals surface area contributed by atoms with Crippen LogP contribution in [0.4, 0.5) is 5.69 Å². The highest BCUT2D eigenvalue weighted by molar-refractivity contribution is 7.81. The molecular weight excluding hydrogens is 282 g/mol. The number of hydrogen-bond donors (Lipinski definition) is 1. The molecule has 0 amide bonds. The number of thiocarbonyl (C=S) groups is 1. The lowest BCUT2D eigenvalue weighted by molar-refractivity contribution is 0.298. The Morgan fingerprint density at radius 2 is 1.67 bits per heavy atom. The van der Waals surface area contributed by atoms with Gasteiger partial charge in [-0.3, -0.25) is 0 Å². The van der Waals surface area contributed by atoms with Crippen LogP contribution in [-0.2, 0) is 4.74 Å². The standard InChI is InChI=1S/C17H17NO2S/c1-19-15-10-8-13(9-11-15)16(21)12-17(20-2)18-14-6-4-3-5-7-14/h3-12,18H,1-2H3/b17-12+. The van der Waals surface area contributed by atoms with Gasteiger partial charge in [-0.1, -0.05) is 30.4 Å². The topological polar surface area (TPSA) is 30.5 Å². The average molecular weight is 299 g/mol. The molecule has 4 heteroatoms. The van der Waals surface area contributed by atoms with Crippen LogP contribution in [0.25, 0.3) is 0 Å². The van der Waals surface area contributed by atoms with Gasteiger partial charge in [0.05, 0.1) is 19.1 Å². The first-order valence-corrected chi connectivity index (χ1v) is 6.90. The predicted molar refractivity (Wildman–Crippen MR) is 89.9 cm³/mol. The quantitative estimate of drug-likeness (QED) is 0.378. The fourth-order valence-corrected chi connectivity index (χ4v) is 2.01. The second kappa shape index (κ2) is 7.45. The molecule has 2 aromatic carbocycles. The molecular formula is C17H17NO2S. The molecule has 0 aliphatic heterocycles. The average Bonchev–Trinajstić information content (AvgIpc) is 2.55. The Morgan fingerprint density at radius 3 is 2.24 bits per heavy atom. The van der Waals surface area contributed by atoms with E-state index in [0.29, 0.717) is 10.7 Å². The van der Waals surface area contributed by atoms with Crippen LogP contribution in [0.15, 0.2) is 66.6 Å². The minimum absolute atomic E-state index is 0.599. The summed E-state index contributed by atoms with van der Waals surface area (Å²) in [6.45, 7) is 0. The fourth-order valence-electron chi connectivity index (χ4n) is 1.77. The molecule has 3 nitrogen and oxygen atoms in total. The van der Waals surface area contributed by atoms with Gasteiger partial charge in [0.2, 0.25) is 0 Å². The van der Waals surface area contributed by atoms with Gasteiger partial charge in [0, 0.05) is 11.8 Å². The highest BCUT2D eigenvalue weighted by Gasteiger charge is 2.03. The largest absolute Gasteiger partial charge is 0.497 e.